The van der Waals surface area contributed by atoms with Gasteiger partial charge in [0, 0.05) is 19.7 Å². The normalized spacial score (nSPS) is 17.8. The van der Waals surface area contributed by atoms with Gasteiger partial charge in [0.25, 0.3) is 0 Å². The van der Waals surface area contributed by atoms with Crippen LogP contribution in [0.2, 0.25) is 0 Å². The summed E-state index contributed by atoms with van der Waals surface area (Å²) in [5.41, 5.74) is 4.47. The van der Waals surface area contributed by atoms with Gasteiger partial charge in [0.15, 0.2) is 0 Å². The number of aryl methyl sites for hydroxylation is 1. The highest BCUT2D eigenvalue weighted by Gasteiger charge is 2.35. The van der Waals surface area contributed by atoms with Crippen LogP contribution in [0.25, 0.3) is 0 Å². The van der Waals surface area contributed by atoms with Crippen LogP contribution in [-0.4, -0.2) is 45.1 Å². The maximum Gasteiger partial charge on any atom is 0.416 e. The molecule has 1 aromatic rings. The Bertz CT molecular complexity index is 684. The van der Waals surface area contributed by atoms with E-state index in [4.69, 9.17) is 10.5 Å². The highest BCUT2D eigenvalue weighted by molar-refractivity contribution is 7.89. The van der Waals surface area contributed by atoms with E-state index in [1.54, 1.807) is 0 Å². The molecule has 1 heterocycles. The van der Waals surface area contributed by atoms with Gasteiger partial charge in [0.05, 0.1) is 16.6 Å². The molecule has 5 nitrogen and oxygen atoms in total. The number of alkyl halides is 3. The summed E-state index contributed by atoms with van der Waals surface area (Å²) in [6, 6.07) is 3.14. The number of hydrogen-bond donors (Lipinski definition) is 1. The highest BCUT2D eigenvalue weighted by atomic mass is 32.2. The maximum atomic E-state index is 13.0. The van der Waals surface area contributed by atoms with Gasteiger partial charge in [-0.3, -0.25) is 0 Å². The Labute approximate surface area is 146 Å². The zero-order valence-corrected chi connectivity index (χ0v) is 14.9. The first kappa shape index (κ1) is 20.2. The number of ether oxygens (including phenoxy) is 1. The van der Waals surface area contributed by atoms with Crippen LogP contribution in [0.15, 0.2) is 23.1 Å². The Morgan fingerprint density at radius 2 is 1.92 bits per heavy atom. The summed E-state index contributed by atoms with van der Waals surface area (Å²) in [6.45, 7) is 2.82. The molecule has 0 unspecified atom stereocenters. The van der Waals surface area contributed by atoms with E-state index in [0.717, 1.165) is 6.42 Å². The molecule has 1 aromatic carbocycles. The van der Waals surface area contributed by atoms with Crippen molar-refractivity contribution in [1.29, 1.82) is 0 Å². The summed E-state index contributed by atoms with van der Waals surface area (Å²) in [5, 5.41) is 0. The molecule has 9 heteroatoms. The van der Waals surface area contributed by atoms with E-state index in [1.165, 1.54) is 23.4 Å². The first-order chi connectivity index (χ1) is 11.7. The maximum absolute atomic E-state index is 13.0. The fraction of sp³-hybridized carbons (Fsp3) is 0.625. The van der Waals surface area contributed by atoms with Crippen molar-refractivity contribution in [3.63, 3.8) is 0 Å². The van der Waals surface area contributed by atoms with Crippen LogP contribution in [0.3, 0.4) is 0 Å². The molecule has 25 heavy (non-hydrogen) atoms. The van der Waals surface area contributed by atoms with E-state index in [2.05, 4.69) is 0 Å². The fourth-order valence-corrected chi connectivity index (χ4v) is 4.28. The van der Waals surface area contributed by atoms with Gasteiger partial charge in [-0.05, 0) is 50.4 Å². The molecule has 1 saturated heterocycles. The van der Waals surface area contributed by atoms with Gasteiger partial charge in [0.1, 0.15) is 0 Å². The van der Waals surface area contributed by atoms with Crippen LogP contribution in [0.1, 0.15) is 30.4 Å². The molecule has 2 rings (SSSR count). The summed E-state index contributed by atoms with van der Waals surface area (Å²) in [7, 11) is -3.95. The van der Waals surface area contributed by atoms with Crippen molar-refractivity contribution in [2.75, 3.05) is 26.2 Å². The molecule has 0 radical (unpaired) electrons. The second-order valence-electron chi connectivity index (χ2n) is 6.09. The zero-order valence-electron chi connectivity index (χ0n) is 14.1. The SMILES string of the molecule is Cc1ccc(S(=O)(=O)N2CCC(OCCCN)CC2)cc1C(F)(F)F. The van der Waals surface area contributed by atoms with Gasteiger partial charge in [-0.2, -0.15) is 17.5 Å². The summed E-state index contributed by atoms with van der Waals surface area (Å²) in [5.74, 6) is 0. The van der Waals surface area contributed by atoms with Crippen molar-refractivity contribution in [2.24, 2.45) is 5.73 Å². The first-order valence-electron chi connectivity index (χ1n) is 8.16. The quantitative estimate of drug-likeness (QED) is 0.770. The Morgan fingerprint density at radius 3 is 2.48 bits per heavy atom. The average molecular weight is 380 g/mol. The highest BCUT2D eigenvalue weighted by Crippen LogP contribution is 2.34. The second kappa shape index (κ2) is 8.03. The van der Waals surface area contributed by atoms with Crippen molar-refractivity contribution in [2.45, 2.75) is 43.4 Å². The molecule has 1 aliphatic heterocycles. The van der Waals surface area contributed by atoms with Crippen molar-refractivity contribution in [3.05, 3.63) is 29.3 Å². The standard InChI is InChI=1S/C16H23F3N2O3S/c1-12-3-4-14(11-15(12)16(17,18)19)25(22,23)21-8-5-13(6-9-21)24-10-2-7-20/h3-4,11,13H,2,5-10,20H2,1H3. The van der Waals surface area contributed by atoms with Crippen LogP contribution >= 0.6 is 0 Å². The molecule has 1 fully saturated rings. The largest absolute Gasteiger partial charge is 0.416 e. The Morgan fingerprint density at radius 1 is 1.28 bits per heavy atom. The average Bonchev–Trinajstić information content (AvgIpc) is 2.55. The van der Waals surface area contributed by atoms with Crippen LogP contribution < -0.4 is 5.73 Å². The topological polar surface area (TPSA) is 72.6 Å². The smallest absolute Gasteiger partial charge is 0.378 e. The molecule has 2 N–H and O–H groups in total. The van der Waals surface area contributed by atoms with E-state index in [-0.39, 0.29) is 29.7 Å². The lowest BCUT2D eigenvalue weighted by molar-refractivity contribution is -0.138. The molecule has 0 bridgehead atoms. The van der Waals surface area contributed by atoms with Crippen LogP contribution in [0.4, 0.5) is 13.2 Å². The molecular formula is C16H23F3N2O3S. The molecule has 0 atom stereocenters. The Kier molecular flexibility index (Phi) is 6.47. The van der Waals surface area contributed by atoms with Crippen LogP contribution in [0.5, 0.6) is 0 Å². The summed E-state index contributed by atoms with van der Waals surface area (Å²) >= 11 is 0. The van der Waals surface area contributed by atoms with Crippen LogP contribution in [-0.2, 0) is 20.9 Å². The minimum Gasteiger partial charge on any atom is -0.378 e. The van der Waals surface area contributed by atoms with Crippen molar-refractivity contribution in [3.8, 4) is 0 Å². The first-order valence-corrected chi connectivity index (χ1v) is 9.60. The number of piperidine rings is 1. The van der Waals surface area contributed by atoms with E-state index in [9.17, 15) is 21.6 Å². The number of benzene rings is 1. The van der Waals surface area contributed by atoms with Gasteiger partial charge in [-0.1, -0.05) is 6.07 Å². The van der Waals surface area contributed by atoms with Gasteiger partial charge in [-0.25, -0.2) is 8.42 Å². The third-order valence-electron chi connectivity index (χ3n) is 4.26. The summed E-state index contributed by atoms with van der Waals surface area (Å²) in [6.07, 6.45) is -2.85. The Balaban J connectivity index is 2.10. The van der Waals surface area contributed by atoms with Crippen molar-refractivity contribution >= 4 is 10.0 Å². The number of nitrogens with two attached hydrogens (primary N) is 1. The van der Waals surface area contributed by atoms with Gasteiger partial charge < -0.3 is 10.5 Å². The van der Waals surface area contributed by atoms with Gasteiger partial charge in [0.2, 0.25) is 10.0 Å². The monoisotopic (exact) mass is 380 g/mol. The molecule has 142 valence electrons. The number of sulfonamides is 1. The van der Waals surface area contributed by atoms with E-state index < -0.39 is 21.8 Å². The van der Waals surface area contributed by atoms with Crippen LogP contribution in [0, 0.1) is 6.92 Å². The molecule has 0 spiro atoms. The molecule has 0 aliphatic carbocycles. The Hall–Kier alpha value is -1.16. The van der Waals surface area contributed by atoms with E-state index in [0.29, 0.717) is 32.1 Å². The minimum absolute atomic E-state index is 0.00142. The predicted octanol–water partition coefficient (Wildman–Crippen LogP) is 2.53. The summed E-state index contributed by atoms with van der Waals surface area (Å²) in [4.78, 5) is -0.326. The number of rotatable bonds is 6. The molecular weight excluding hydrogens is 357 g/mol. The van der Waals surface area contributed by atoms with E-state index >= 15 is 0 Å². The number of nitrogens with zero attached hydrogens (tertiary/aromatic N) is 1. The third kappa shape index (κ3) is 4.93. The lowest BCUT2D eigenvalue weighted by Crippen LogP contribution is -2.41. The minimum atomic E-state index is -4.58. The molecule has 0 saturated carbocycles. The molecule has 0 aromatic heterocycles. The predicted molar refractivity (Wildman–Crippen MR) is 87.6 cm³/mol. The van der Waals surface area contributed by atoms with Gasteiger partial charge >= 0.3 is 6.18 Å². The number of hydrogen-bond acceptors (Lipinski definition) is 4. The lowest BCUT2D eigenvalue weighted by Gasteiger charge is -2.31. The fourth-order valence-electron chi connectivity index (χ4n) is 2.79. The molecule has 1 aliphatic rings. The molecule has 0 amide bonds. The third-order valence-corrected chi connectivity index (χ3v) is 6.15. The zero-order chi connectivity index (χ0) is 18.7. The van der Waals surface area contributed by atoms with Gasteiger partial charge in [-0.15, -0.1) is 0 Å². The van der Waals surface area contributed by atoms with E-state index in [1.807, 2.05) is 0 Å². The second-order valence-corrected chi connectivity index (χ2v) is 8.03. The lowest BCUT2D eigenvalue weighted by atomic mass is 10.1. The van der Waals surface area contributed by atoms with Crippen molar-refractivity contribution < 1.29 is 26.3 Å². The van der Waals surface area contributed by atoms with Crippen molar-refractivity contribution in [1.82, 2.24) is 4.31 Å². The number of halogens is 3. The summed E-state index contributed by atoms with van der Waals surface area (Å²) < 4.78 is 71.2.